The number of nitrogens with two attached hydrogens (primary N) is 1. The Kier molecular flexibility index (Phi) is 5.27. The molecule has 1 aromatic rings. The molecule has 0 spiro atoms. The van der Waals surface area contributed by atoms with Gasteiger partial charge in [-0.2, -0.15) is 0 Å². The second-order valence-electron chi connectivity index (χ2n) is 7.02. The van der Waals surface area contributed by atoms with Gasteiger partial charge in [0.15, 0.2) is 6.10 Å². The summed E-state index contributed by atoms with van der Waals surface area (Å²) < 4.78 is 11.1. The number of aryl methyl sites for hydroxylation is 2. The molecule has 136 valence electrons. The maximum absolute atomic E-state index is 12.4. The molecule has 25 heavy (non-hydrogen) atoms. The lowest BCUT2D eigenvalue weighted by Crippen LogP contribution is -2.51. The van der Waals surface area contributed by atoms with Gasteiger partial charge in [0.25, 0.3) is 5.91 Å². The summed E-state index contributed by atoms with van der Waals surface area (Å²) in [6.07, 6.45) is 3.78. The summed E-state index contributed by atoms with van der Waals surface area (Å²) in [4.78, 5) is 24.2. The number of amides is 2. The quantitative estimate of drug-likeness (QED) is 0.813. The molecule has 1 heterocycles. The standard InChI is InChI=1S/C19H26N2O4/c1-13(25-16-6-5-14-3-2-4-15(14)11-16)17(22)21-12-19(18(20)23)7-9-24-10-8-19/h5-6,11,13H,2-4,7-10,12H2,1H3,(H2,20,23)(H,21,22). The Labute approximate surface area is 148 Å². The van der Waals surface area contributed by atoms with Crippen molar-refractivity contribution in [2.75, 3.05) is 19.8 Å². The van der Waals surface area contributed by atoms with Crippen LogP contribution in [-0.2, 0) is 27.2 Å². The van der Waals surface area contributed by atoms with Gasteiger partial charge >= 0.3 is 0 Å². The highest BCUT2D eigenvalue weighted by Gasteiger charge is 2.39. The van der Waals surface area contributed by atoms with E-state index in [9.17, 15) is 9.59 Å². The van der Waals surface area contributed by atoms with Crippen LogP contribution in [0.3, 0.4) is 0 Å². The Hall–Kier alpha value is -2.08. The molecule has 1 unspecified atom stereocenters. The predicted molar refractivity (Wildman–Crippen MR) is 93.2 cm³/mol. The number of fused-ring (bicyclic) bond motifs is 1. The van der Waals surface area contributed by atoms with Gasteiger partial charge in [-0.25, -0.2) is 0 Å². The average Bonchev–Trinajstić information content (AvgIpc) is 3.08. The van der Waals surface area contributed by atoms with E-state index in [0.717, 1.165) is 12.8 Å². The molecular weight excluding hydrogens is 320 g/mol. The Morgan fingerprint density at radius 3 is 2.72 bits per heavy atom. The van der Waals surface area contributed by atoms with E-state index < -0.39 is 11.5 Å². The zero-order valence-electron chi connectivity index (χ0n) is 14.7. The second kappa shape index (κ2) is 7.44. The third-order valence-electron chi connectivity index (χ3n) is 5.33. The number of nitrogens with one attached hydrogen (secondary N) is 1. The highest BCUT2D eigenvalue weighted by Crippen LogP contribution is 2.29. The van der Waals surface area contributed by atoms with E-state index in [1.807, 2.05) is 12.1 Å². The number of carbonyl (C=O) groups excluding carboxylic acids is 2. The maximum atomic E-state index is 12.4. The van der Waals surface area contributed by atoms with Crippen LogP contribution in [0.4, 0.5) is 0 Å². The number of benzene rings is 1. The summed E-state index contributed by atoms with van der Waals surface area (Å²) in [6, 6.07) is 6.01. The zero-order chi connectivity index (χ0) is 17.9. The first-order valence-corrected chi connectivity index (χ1v) is 8.94. The van der Waals surface area contributed by atoms with Crippen molar-refractivity contribution in [1.82, 2.24) is 5.32 Å². The first kappa shape index (κ1) is 17.7. The molecule has 1 fully saturated rings. The fourth-order valence-electron chi connectivity index (χ4n) is 3.55. The largest absolute Gasteiger partial charge is 0.481 e. The molecule has 2 aliphatic rings. The maximum Gasteiger partial charge on any atom is 0.260 e. The smallest absolute Gasteiger partial charge is 0.260 e. The van der Waals surface area contributed by atoms with Gasteiger partial charge in [0.1, 0.15) is 5.75 Å². The molecule has 0 aromatic heterocycles. The van der Waals surface area contributed by atoms with Gasteiger partial charge in [-0.1, -0.05) is 6.07 Å². The highest BCUT2D eigenvalue weighted by atomic mass is 16.5. The normalized spacial score (nSPS) is 19.7. The van der Waals surface area contributed by atoms with Crippen molar-refractivity contribution in [1.29, 1.82) is 0 Å². The van der Waals surface area contributed by atoms with Crippen molar-refractivity contribution < 1.29 is 19.1 Å². The fraction of sp³-hybridized carbons (Fsp3) is 0.579. The van der Waals surface area contributed by atoms with E-state index in [4.69, 9.17) is 15.2 Å². The van der Waals surface area contributed by atoms with E-state index in [0.29, 0.717) is 31.8 Å². The van der Waals surface area contributed by atoms with Crippen LogP contribution in [0.5, 0.6) is 5.75 Å². The Morgan fingerprint density at radius 1 is 1.28 bits per heavy atom. The minimum absolute atomic E-state index is 0.225. The highest BCUT2D eigenvalue weighted by molar-refractivity contribution is 5.84. The van der Waals surface area contributed by atoms with E-state index in [1.165, 1.54) is 17.5 Å². The van der Waals surface area contributed by atoms with E-state index >= 15 is 0 Å². The molecule has 3 rings (SSSR count). The van der Waals surface area contributed by atoms with Crippen LogP contribution in [0.1, 0.15) is 37.3 Å². The minimum atomic E-state index is -0.721. The Morgan fingerprint density at radius 2 is 2.00 bits per heavy atom. The monoisotopic (exact) mass is 346 g/mol. The van der Waals surface area contributed by atoms with Crippen molar-refractivity contribution in [3.63, 3.8) is 0 Å². The summed E-state index contributed by atoms with van der Waals surface area (Å²) in [5.41, 5.74) is 7.52. The van der Waals surface area contributed by atoms with Crippen molar-refractivity contribution in [2.45, 2.75) is 45.1 Å². The fourth-order valence-corrected chi connectivity index (χ4v) is 3.55. The van der Waals surface area contributed by atoms with E-state index in [-0.39, 0.29) is 18.4 Å². The Balaban J connectivity index is 1.56. The van der Waals surface area contributed by atoms with Crippen LogP contribution in [0, 0.1) is 5.41 Å². The number of hydrogen-bond donors (Lipinski definition) is 2. The third-order valence-corrected chi connectivity index (χ3v) is 5.33. The molecule has 6 heteroatoms. The van der Waals surface area contributed by atoms with Crippen LogP contribution in [0.2, 0.25) is 0 Å². The molecule has 0 saturated carbocycles. The second-order valence-corrected chi connectivity index (χ2v) is 7.02. The van der Waals surface area contributed by atoms with Gasteiger partial charge in [-0.3, -0.25) is 9.59 Å². The van der Waals surface area contributed by atoms with Crippen LogP contribution >= 0.6 is 0 Å². The van der Waals surface area contributed by atoms with Gasteiger partial charge in [-0.05, 0) is 62.3 Å². The molecular formula is C19H26N2O4. The van der Waals surface area contributed by atoms with Crippen molar-refractivity contribution in [3.05, 3.63) is 29.3 Å². The van der Waals surface area contributed by atoms with Crippen LogP contribution < -0.4 is 15.8 Å². The lowest BCUT2D eigenvalue weighted by molar-refractivity contribution is -0.135. The van der Waals surface area contributed by atoms with Crippen LogP contribution in [0.25, 0.3) is 0 Å². The first-order valence-electron chi connectivity index (χ1n) is 8.94. The molecule has 3 N–H and O–H groups in total. The number of primary amides is 1. The lowest BCUT2D eigenvalue weighted by atomic mass is 9.79. The van der Waals surface area contributed by atoms with Crippen LogP contribution in [0.15, 0.2) is 18.2 Å². The third kappa shape index (κ3) is 3.95. The average molecular weight is 346 g/mol. The summed E-state index contributed by atoms with van der Waals surface area (Å²) in [6.45, 7) is 2.91. The summed E-state index contributed by atoms with van der Waals surface area (Å²) in [5.74, 6) is 0.0786. The number of rotatable bonds is 6. The summed E-state index contributed by atoms with van der Waals surface area (Å²) in [5, 5.41) is 2.83. The SMILES string of the molecule is CC(Oc1ccc2c(c1)CCC2)C(=O)NCC1(C(N)=O)CCOCC1. The molecule has 1 aliphatic heterocycles. The number of hydrogen-bond acceptors (Lipinski definition) is 4. The molecule has 0 radical (unpaired) electrons. The molecule has 1 atom stereocenters. The van der Waals surface area contributed by atoms with Crippen molar-refractivity contribution in [3.8, 4) is 5.75 Å². The molecule has 1 aromatic carbocycles. The van der Waals surface area contributed by atoms with Gasteiger partial charge in [0.2, 0.25) is 5.91 Å². The van der Waals surface area contributed by atoms with Gasteiger partial charge < -0.3 is 20.5 Å². The van der Waals surface area contributed by atoms with Gasteiger partial charge in [-0.15, -0.1) is 0 Å². The van der Waals surface area contributed by atoms with E-state index in [1.54, 1.807) is 6.92 Å². The first-order chi connectivity index (χ1) is 12.0. The molecule has 6 nitrogen and oxygen atoms in total. The zero-order valence-corrected chi connectivity index (χ0v) is 14.7. The number of ether oxygens (including phenoxy) is 2. The molecule has 1 saturated heterocycles. The van der Waals surface area contributed by atoms with Gasteiger partial charge in [0.05, 0.1) is 5.41 Å². The van der Waals surface area contributed by atoms with E-state index in [2.05, 4.69) is 11.4 Å². The van der Waals surface area contributed by atoms with Crippen LogP contribution in [-0.4, -0.2) is 37.7 Å². The van der Waals surface area contributed by atoms with Crippen molar-refractivity contribution >= 4 is 11.8 Å². The van der Waals surface area contributed by atoms with Crippen molar-refractivity contribution in [2.24, 2.45) is 11.1 Å². The lowest BCUT2D eigenvalue weighted by Gasteiger charge is -2.34. The topological polar surface area (TPSA) is 90.6 Å². The molecule has 0 bridgehead atoms. The summed E-state index contributed by atoms with van der Waals surface area (Å²) >= 11 is 0. The predicted octanol–water partition coefficient (Wildman–Crippen LogP) is 1.34. The number of carbonyl (C=O) groups is 2. The summed E-state index contributed by atoms with van der Waals surface area (Å²) in [7, 11) is 0. The Bertz CT molecular complexity index is 653. The molecule has 2 amide bonds. The minimum Gasteiger partial charge on any atom is -0.481 e. The van der Waals surface area contributed by atoms with Gasteiger partial charge in [0, 0.05) is 19.8 Å². The molecule has 1 aliphatic carbocycles.